The van der Waals surface area contributed by atoms with E-state index in [0.29, 0.717) is 23.4 Å². The van der Waals surface area contributed by atoms with Crippen molar-refractivity contribution >= 4 is 40.4 Å². The summed E-state index contributed by atoms with van der Waals surface area (Å²) in [7, 11) is 0. The van der Waals surface area contributed by atoms with E-state index in [1.54, 1.807) is 23.5 Å². The number of aromatic nitrogens is 1. The average molecular weight is 485 g/mol. The smallest absolute Gasteiger partial charge is 0.221 e. The maximum absolute atomic E-state index is 13.4. The number of ketones is 2. The number of thiophene rings is 1. The number of carbonyl (C=O) groups excluding carboxylic acids is 3. The van der Waals surface area contributed by atoms with E-state index in [2.05, 4.69) is 10.3 Å². The molecule has 170 valence electrons. The number of amides is 1. The summed E-state index contributed by atoms with van der Waals surface area (Å²) in [6, 6.07) is 8.63. The molecule has 1 amide bonds. The molecule has 33 heavy (non-hydrogen) atoms. The first-order valence-corrected chi connectivity index (χ1v) is 11.8. The van der Waals surface area contributed by atoms with Gasteiger partial charge in [-0.2, -0.15) is 0 Å². The maximum atomic E-state index is 13.4. The van der Waals surface area contributed by atoms with Gasteiger partial charge in [-0.25, -0.2) is 4.39 Å². The minimum Gasteiger partial charge on any atom is -0.351 e. The number of benzene rings is 1. The second-order valence-electron chi connectivity index (χ2n) is 8.27. The molecule has 3 aromatic rings. The Bertz CT molecular complexity index is 1220. The zero-order valence-electron chi connectivity index (χ0n) is 18.2. The minimum absolute atomic E-state index is 0.00225. The first-order chi connectivity index (χ1) is 15.7. The van der Waals surface area contributed by atoms with Crippen molar-refractivity contribution in [2.75, 3.05) is 0 Å². The number of hydrogen-bond acceptors (Lipinski definition) is 5. The number of rotatable bonds is 6. The van der Waals surface area contributed by atoms with Gasteiger partial charge < -0.3 is 5.32 Å². The van der Waals surface area contributed by atoms with E-state index >= 15 is 0 Å². The Balaban J connectivity index is 1.53. The zero-order valence-corrected chi connectivity index (χ0v) is 19.7. The van der Waals surface area contributed by atoms with Gasteiger partial charge in [0.2, 0.25) is 5.91 Å². The number of Topliss-reactive ketones (excluding diaryl/α,β-unsaturated/α-hetero) is 2. The van der Waals surface area contributed by atoms with Gasteiger partial charge >= 0.3 is 0 Å². The van der Waals surface area contributed by atoms with Gasteiger partial charge in [-0.15, -0.1) is 11.3 Å². The predicted octanol–water partition coefficient (Wildman–Crippen LogP) is 5.17. The molecule has 2 heterocycles. The predicted molar refractivity (Wildman–Crippen MR) is 126 cm³/mol. The summed E-state index contributed by atoms with van der Waals surface area (Å²) < 4.78 is 13.4. The molecule has 0 saturated heterocycles. The Morgan fingerprint density at radius 1 is 1.24 bits per heavy atom. The molecular formula is C25H22ClFN2O3S. The zero-order chi connectivity index (χ0) is 23.7. The summed E-state index contributed by atoms with van der Waals surface area (Å²) in [4.78, 5) is 43.5. The molecule has 1 aliphatic carbocycles. The maximum Gasteiger partial charge on any atom is 0.221 e. The van der Waals surface area contributed by atoms with Gasteiger partial charge in [0, 0.05) is 29.2 Å². The lowest BCUT2D eigenvalue weighted by Gasteiger charge is -2.17. The molecule has 1 aromatic carbocycles. The number of halogens is 2. The second-order valence-corrected chi connectivity index (χ2v) is 9.71. The van der Waals surface area contributed by atoms with Crippen LogP contribution < -0.4 is 5.32 Å². The summed E-state index contributed by atoms with van der Waals surface area (Å²) in [6.07, 6.45) is 1.15. The SMILES string of the molecule is Cc1cc(-c2ncc(F)cc2Cl)cc(C)c1C1C(=O)CC(CC(=O)NCc2cccs2)C1=O. The molecule has 2 aromatic heterocycles. The Morgan fingerprint density at radius 2 is 1.97 bits per heavy atom. The van der Waals surface area contributed by atoms with Crippen molar-refractivity contribution in [1.82, 2.24) is 10.3 Å². The van der Waals surface area contributed by atoms with Crippen molar-refractivity contribution in [3.8, 4) is 11.3 Å². The van der Waals surface area contributed by atoms with Crippen molar-refractivity contribution in [3.05, 3.63) is 74.3 Å². The number of hydrogen-bond donors (Lipinski definition) is 1. The molecule has 2 unspecified atom stereocenters. The summed E-state index contributed by atoms with van der Waals surface area (Å²) in [6.45, 7) is 4.06. The van der Waals surface area contributed by atoms with Gasteiger partial charge in [0.15, 0.2) is 5.78 Å². The quantitative estimate of drug-likeness (QED) is 0.490. The van der Waals surface area contributed by atoms with Crippen LogP contribution in [-0.2, 0) is 20.9 Å². The molecule has 1 saturated carbocycles. The van der Waals surface area contributed by atoms with Gasteiger partial charge in [0.05, 0.1) is 23.5 Å². The number of pyridine rings is 1. The molecule has 5 nitrogen and oxygen atoms in total. The van der Waals surface area contributed by atoms with Crippen LogP contribution in [0.25, 0.3) is 11.3 Å². The van der Waals surface area contributed by atoms with Crippen LogP contribution in [0.2, 0.25) is 5.02 Å². The fourth-order valence-electron chi connectivity index (χ4n) is 4.42. The lowest BCUT2D eigenvalue weighted by Crippen LogP contribution is -2.27. The molecule has 0 aliphatic heterocycles. The molecule has 0 radical (unpaired) electrons. The van der Waals surface area contributed by atoms with Crippen LogP contribution in [0.5, 0.6) is 0 Å². The largest absolute Gasteiger partial charge is 0.351 e. The second kappa shape index (κ2) is 9.53. The van der Waals surface area contributed by atoms with Crippen molar-refractivity contribution in [2.45, 2.75) is 39.2 Å². The lowest BCUT2D eigenvalue weighted by molar-refractivity contribution is -0.128. The van der Waals surface area contributed by atoms with E-state index in [4.69, 9.17) is 11.6 Å². The molecule has 1 N–H and O–H groups in total. The Labute approximate surface area is 200 Å². The standard InChI is InChI=1S/C25H22ClFN2O3S/c1-13-6-15(24-19(26)10-17(27)11-29-24)7-14(2)22(13)23-20(30)8-16(25(23)32)9-21(31)28-12-18-4-3-5-33-18/h3-7,10-11,16,23H,8-9,12H2,1-2H3,(H,28,31). The summed E-state index contributed by atoms with van der Waals surface area (Å²) >= 11 is 7.70. The Kier molecular flexibility index (Phi) is 6.72. The van der Waals surface area contributed by atoms with Crippen molar-refractivity contribution in [1.29, 1.82) is 0 Å². The van der Waals surface area contributed by atoms with Crippen molar-refractivity contribution in [3.63, 3.8) is 0 Å². The summed E-state index contributed by atoms with van der Waals surface area (Å²) in [5.74, 6) is -2.67. The fraction of sp³-hybridized carbons (Fsp3) is 0.280. The highest BCUT2D eigenvalue weighted by Gasteiger charge is 2.43. The normalized spacial score (nSPS) is 18.1. The molecule has 0 bridgehead atoms. The molecule has 0 spiro atoms. The first kappa shape index (κ1) is 23.3. The molecule has 8 heteroatoms. The highest BCUT2D eigenvalue weighted by molar-refractivity contribution is 7.09. The Hall–Kier alpha value is -2.90. The topological polar surface area (TPSA) is 76.1 Å². The van der Waals surface area contributed by atoms with Crippen LogP contribution in [0.1, 0.15) is 40.3 Å². The summed E-state index contributed by atoms with van der Waals surface area (Å²) in [5, 5.41) is 4.94. The van der Waals surface area contributed by atoms with Crippen LogP contribution >= 0.6 is 22.9 Å². The molecule has 4 rings (SSSR count). The first-order valence-electron chi connectivity index (χ1n) is 10.5. The average Bonchev–Trinajstić information content (AvgIpc) is 3.35. The third kappa shape index (κ3) is 4.89. The van der Waals surface area contributed by atoms with Gasteiger partial charge in [0.1, 0.15) is 17.5 Å². The fourth-order valence-corrected chi connectivity index (χ4v) is 5.33. The van der Waals surface area contributed by atoms with E-state index in [1.807, 2.05) is 31.4 Å². The molecular weight excluding hydrogens is 463 g/mol. The van der Waals surface area contributed by atoms with Gasteiger partial charge in [-0.05, 0) is 60.2 Å². The third-order valence-electron chi connectivity index (χ3n) is 5.89. The minimum atomic E-state index is -0.884. The van der Waals surface area contributed by atoms with Crippen molar-refractivity contribution in [2.24, 2.45) is 5.92 Å². The van der Waals surface area contributed by atoms with Crippen LogP contribution in [0, 0.1) is 25.6 Å². The number of carbonyl (C=O) groups is 3. The summed E-state index contributed by atoms with van der Waals surface area (Å²) in [5.41, 5.74) is 3.28. The van der Waals surface area contributed by atoms with E-state index in [1.165, 1.54) is 6.07 Å². The van der Waals surface area contributed by atoms with Crippen LogP contribution in [0.4, 0.5) is 4.39 Å². The van der Waals surface area contributed by atoms with Crippen LogP contribution in [0.3, 0.4) is 0 Å². The van der Waals surface area contributed by atoms with Gasteiger partial charge in [-0.3, -0.25) is 19.4 Å². The number of nitrogens with one attached hydrogen (secondary N) is 1. The number of aryl methyl sites for hydroxylation is 2. The van der Waals surface area contributed by atoms with Gasteiger partial charge in [0.25, 0.3) is 0 Å². The van der Waals surface area contributed by atoms with Crippen LogP contribution in [0.15, 0.2) is 41.9 Å². The Morgan fingerprint density at radius 3 is 2.61 bits per heavy atom. The highest BCUT2D eigenvalue weighted by Crippen LogP contribution is 2.39. The van der Waals surface area contributed by atoms with E-state index in [9.17, 15) is 18.8 Å². The number of nitrogens with zero attached hydrogens (tertiary/aromatic N) is 1. The molecule has 2 atom stereocenters. The lowest BCUT2D eigenvalue weighted by atomic mass is 9.85. The van der Waals surface area contributed by atoms with Gasteiger partial charge in [-0.1, -0.05) is 17.7 Å². The van der Waals surface area contributed by atoms with E-state index in [-0.39, 0.29) is 35.3 Å². The van der Waals surface area contributed by atoms with Crippen LogP contribution in [-0.4, -0.2) is 22.5 Å². The van der Waals surface area contributed by atoms with Crippen molar-refractivity contribution < 1.29 is 18.8 Å². The highest BCUT2D eigenvalue weighted by atomic mass is 35.5. The van der Waals surface area contributed by atoms with E-state index in [0.717, 1.165) is 22.2 Å². The van der Waals surface area contributed by atoms with E-state index < -0.39 is 17.7 Å². The monoisotopic (exact) mass is 484 g/mol. The molecule has 1 aliphatic rings. The molecule has 1 fully saturated rings. The third-order valence-corrected chi connectivity index (χ3v) is 7.06.